The van der Waals surface area contributed by atoms with Crippen molar-refractivity contribution in [1.29, 1.82) is 0 Å². The highest BCUT2D eigenvalue weighted by Crippen LogP contribution is 2.53. The molecule has 0 aliphatic carbocycles. The van der Waals surface area contributed by atoms with E-state index in [2.05, 4.69) is 4.98 Å². The Kier molecular flexibility index (Phi) is 4.71. The van der Waals surface area contributed by atoms with E-state index in [0.717, 1.165) is 17.1 Å². The van der Waals surface area contributed by atoms with Crippen LogP contribution in [0, 0.1) is 11.8 Å². The first-order chi connectivity index (χ1) is 14.9. The van der Waals surface area contributed by atoms with Gasteiger partial charge >= 0.3 is 0 Å². The van der Waals surface area contributed by atoms with Gasteiger partial charge < -0.3 is 24.2 Å². The Morgan fingerprint density at radius 1 is 1.35 bits per heavy atom. The molecule has 3 aliphatic heterocycles. The van der Waals surface area contributed by atoms with Gasteiger partial charge in [-0.25, -0.2) is 4.98 Å². The number of hydrogen-bond donors (Lipinski definition) is 1. The number of anilines is 1. The molecule has 8 heteroatoms. The van der Waals surface area contributed by atoms with E-state index in [1.165, 1.54) is 0 Å². The molecule has 1 spiro atoms. The van der Waals surface area contributed by atoms with Gasteiger partial charge in [0.1, 0.15) is 11.4 Å². The summed E-state index contributed by atoms with van der Waals surface area (Å²) in [6.07, 6.45) is 7.64. The molecule has 2 bridgehead atoms. The van der Waals surface area contributed by atoms with Gasteiger partial charge in [0, 0.05) is 38.8 Å². The second-order valence-corrected chi connectivity index (χ2v) is 8.61. The maximum absolute atomic E-state index is 13.5. The number of carbonyl (C=O) groups is 2. The third kappa shape index (κ3) is 3.09. The standard InChI is InChI=1S/C23H26N4O4/c1-25-11-10-24-18(25)13-26(2)21(29)19-17-7-9-23(31-17)14-27(22(30)20(19)23)16-5-3-15(4-6-16)8-12-28/h3-7,9-11,17,19-20,28H,8,12-14H2,1-2H3/t17-,19-,20-,23-/m0/s1. The molecular formula is C23H26N4O4. The number of aromatic nitrogens is 2. The lowest BCUT2D eigenvalue weighted by Crippen LogP contribution is -2.44. The summed E-state index contributed by atoms with van der Waals surface area (Å²) in [4.78, 5) is 34.5. The Hall–Kier alpha value is -2.97. The number of rotatable bonds is 6. The third-order valence-corrected chi connectivity index (χ3v) is 6.71. The van der Waals surface area contributed by atoms with Gasteiger partial charge in [-0.05, 0) is 24.1 Å². The monoisotopic (exact) mass is 422 g/mol. The van der Waals surface area contributed by atoms with Crippen LogP contribution in [-0.2, 0) is 34.3 Å². The molecular weight excluding hydrogens is 396 g/mol. The summed E-state index contributed by atoms with van der Waals surface area (Å²) in [5.74, 6) is -0.465. The second-order valence-electron chi connectivity index (χ2n) is 8.61. The molecule has 2 saturated heterocycles. The molecule has 2 amide bonds. The molecule has 1 aromatic heterocycles. The SMILES string of the molecule is CN(Cc1nccn1C)C(=O)[C@H]1[C@@H]2C=C[C@@]3(CN(c4ccc(CCO)cc4)C(=O)[C@H]13)O2. The van der Waals surface area contributed by atoms with Crippen LogP contribution in [0.25, 0.3) is 0 Å². The van der Waals surface area contributed by atoms with E-state index >= 15 is 0 Å². The highest BCUT2D eigenvalue weighted by atomic mass is 16.5. The van der Waals surface area contributed by atoms with Crippen molar-refractivity contribution in [2.24, 2.45) is 18.9 Å². The van der Waals surface area contributed by atoms with E-state index in [1.54, 1.807) is 23.0 Å². The van der Waals surface area contributed by atoms with Gasteiger partial charge in [0.2, 0.25) is 11.8 Å². The first-order valence-corrected chi connectivity index (χ1v) is 10.5. The minimum Gasteiger partial charge on any atom is -0.396 e. The van der Waals surface area contributed by atoms with Gasteiger partial charge in [-0.15, -0.1) is 0 Å². The van der Waals surface area contributed by atoms with Crippen LogP contribution < -0.4 is 4.90 Å². The van der Waals surface area contributed by atoms with Gasteiger partial charge in [0.25, 0.3) is 0 Å². The van der Waals surface area contributed by atoms with Crippen LogP contribution in [0.1, 0.15) is 11.4 Å². The fourth-order valence-corrected chi connectivity index (χ4v) is 5.06. The molecule has 1 aromatic carbocycles. The van der Waals surface area contributed by atoms with Crippen LogP contribution in [0.2, 0.25) is 0 Å². The number of fused-ring (bicyclic) bond motifs is 1. The van der Waals surface area contributed by atoms with E-state index in [0.29, 0.717) is 19.5 Å². The van der Waals surface area contributed by atoms with E-state index in [4.69, 9.17) is 9.84 Å². The fraction of sp³-hybridized carbons (Fsp3) is 0.435. The Balaban J connectivity index is 1.38. The number of aliphatic hydroxyl groups excluding tert-OH is 1. The van der Waals surface area contributed by atoms with Crippen LogP contribution in [0.15, 0.2) is 48.8 Å². The number of imidazole rings is 1. The second kappa shape index (κ2) is 7.32. The lowest BCUT2D eigenvalue weighted by molar-refractivity contribution is -0.139. The number of aliphatic hydroxyl groups is 1. The number of nitrogens with zero attached hydrogens (tertiary/aromatic N) is 4. The molecule has 3 aliphatic rings. The van der Waals surface area contributed by atoms with Gasteiger partial charge in [-0.1, -0.05) is 24.3 Å². The lowest BCUT2D eigenvalue weighted by Gasteiger charge is -2.27. The Labute approximate surface area is 180 Å². The van der Waals surface area contributed by atoms with Crippen molar-refractivity contribution in [3.63, 3.8) is 0 Å². The molecule has 0 unspecified atom stereocenters. The molecule has 8 nitrogen and oxygen atoms in total. The maximum atomic E-state index is 13.5. The van der Waals surface area contributed by atoms with Gasteiger partial charge in [-0.2, -0.15) is 0 Å². The highest BCUT2D eigenvalue weighted by molar-refractivity contribution is 6.03. The molecule has 1 N–H and O–H groups in total. The minimum atomic E-state index is -0.754. The highest BCUT2D eigenvalue weighted by Gasteiger charge is 2.67. The molecule has 2 aromatic rings. The average Bonchev–Trinajstić information content (AvgIpc) is 3.50. The zero-order valence-electron chi connectivity index (χ0n) is 17.6. The molecule has 4 heterocycles. The number of aryl methyl sites for hydroxylation is 1. The first kappa shape index (κ1) is 20.0. The van der Waals surface area contributed by atoms with Gasteiger partial charge in [-0.3, -0.25) is 9.59 Å². The number of ether oxygens (including phenoxy) is 1. The van der Waals surface area contributed by atoms with Crippen LogP contribution >= 0.6 is 0 Å². The third-order valence-electron chi connectivity index (χ3n) is 6.71. The van der Waals surface area contributed by atoms with E-state index < -0.39 is 17.4 Å². The Morgan fingerprint density at radius 2 is 2.13 bits per heavy atom. The normalized spacial score (nSPS) is 28.4. The minimum absolute atomic E-state index is 0.0782. The van der Waals surface area contributed by atoms with Gasteiger partial charge in [0.05, 0.1) is 31.0 Å². The van der Waals surface area contributed by atoms with Crippen molar-refractivity contribution >= 4 is 17.5 Å². The topological polar surface area (TPSA) is 87.9 Å². The number of amides is 2. The summed E-state index contributed by atoms with van der Waals surface area (Å²) in [6.45, 7) is 0.859. The molecule has 4 atom stereocenters. The summed E-state index contributed by atoms with van der Waals surface area (Å²) < 4.78 is 8.12. The van der Waals surface area contributed by atoms with Crippen LogP contribution in [0.5, 0.6) is 0 Å². The van der Waals surface area contributed by atoms with Crippen molar-refractivity contribution in [3.8, 4) is 0 Å². The van der Waals surface area contributed by atoms with Crippen LogP contribution in [0.3, 0.4) is 0 Å². The van der Waals surface area contributed by atoms with Crippen molar-refractivity contribution < 1.29 is 19.4 Å². The molecule has 0 saturated carbocycles. The van der Waals surface area contributed by atoms with E-state index in [-0.39, 0.29) is 24.5 Å². The average molecular weight is 422 g/mol. The molecule has 5 rings (SSSR count). The summed E-state index contributed by atoms with van der Waals surface area (Å²) in [5, 5.41) is 9.11. The number of benzene rings is 1. The number of hydrogen-bond acceptors (Lipinski definition) is 5. The summed E-state index contributed by atoms with van der Waals surface area (Å²) >= 11 is 0. The number of carbonyl (C=O) groups excluding carboxylic acids is 2. The smallest absolute Gasteiger partial charge is 0.234 e. The Bertz CT molecular complexity index is 1050. The lowest BCUT2D eigenvalue weighted by atomic mass is 9.76. The molecule has 31 heavy (non-hydrogen) atoms. The van der Waals surface area contributed by atoms with E-state index in [1.807, 2.05) is 54.2 Å². The van der Waals surface area contributed by atoms with E-state index in [9.17, 15) is 9.59 Å². The predicted octanol–water partition coefficient (Wildman–Crippen LogP) is 0.900. The molecule has 2 fully saturated rings. The zero-order chi connectivity index (χ0) is 21.8. The molecule has 162 valence electrons. The van der Waals surface area contributed by atoms with Crippen molar-refractivity contribution in [3.05, 3.63) is 60.2 Å². The maximum Gasteiger partial charge on any atom is 0.234 e. The molecule has 0 radical (unpaired) electrons. The van der Waals surface area contributed by atoms with Crippen molar-refractivity contribution in [2.75, 3.05) is 25.1 Å². The fourth-order valence-electron chi connectivity index (χ4n) is 5.06. The first-order valence-electron chi connectivity index (χ1n) is 10.5. The largest absolute Gasteiger partial charge is 0.396 e. The van der Waals surface area contributed by atoms with Crippen molar-refractivity contribution in [2.45, 2.75) is 24.7 Å². The van der Waals surface area contributed by atoms with Crippen LogP contribution in [-0.4, -0.2) is 63.3 Å². The Morgan fingerprint density at radius 3 is 2.81 bits per heavy atom. The van der Waals surface area contributed by atoms with Crippen LogP contribution in [0.4, 0.5) is 5.69 Å². The zero-order valence-corrected chi connectivity index (χ0v) is 17.6. The van der Waals surface area contributed by atoms with Gasteiger partial charge in [0.15, 0.2) is 0 Å². The summed E-state index contributed by atoms with van der Waals surface area (Å²) in [7, 11) is 3.64. The van der Waals surface area contributed by atoms with Crippen molar-refractivity contribution in [1.82, 2.24) is 14.5 Å². The quantitative estimate of drug-likeness (QED) is 0.699. The predicted molar refractivity (Wildman–Crippen MR) is 113 cm³/mol. The summed E-state index contributed by atoms with van der Waals surface area (Å²) in [5.41, 5.74) is 1.04. The summed E-state index contributed by atoms with van der Waals surface area (Å²) in [6, 6.07) is 7.62.